The second kappa shape index (κ2) is 8.87. The maximum Gasteiger partial charge on any atom is 0.0423 e. The number of hydrogen-bond acceptors (Lipinski definition) is 2. The van der Waals surface area contributed by atoms with Crippen LogP contribution in [0.25, 0.3) is 0 Å². The zero-order valence-electron chi connectivity index (χ0n) is 15.4. The van der Waals surface area contributed by atoms with Gasteiger partial charge in [-0.3, -0.25) is 0 Å². The van der Waals surface area contributed by atoms with Crippen molar-refractivity contribution in [2.24, 2.45) is 0 Å². The second-order valence-corrected chi connectivity index (χ2v) is 7.12. The molecule has 0 bridgehead atoms. The van der Waals surface area contributed by atoms with Crippen LogP contribution in [0.1, 0.15) is 35.6 Å². The van der Waals surface area contributed by atoms with Gasteiger partial charge in [-0.2, -0.15) is 0 Å². The summed E-state index contributed by atoms with van der Waals surface area (Å²) in [5, 5.41) is 6.92. The Bertz CT molecular complexity index is 687. The third-order valence-corrected chi connectivity index (χ3v) is 4.97. The minimum Gasteiger partial charge on any atom is -0.383 e. The normalized spacial score (nSPS) is 17.3. The van der Waals surface area contributed by atoms with Crippen molar-refractivity contribution in [2.45, 2.75) is 45.1 Å². The number of benzene rings is 2. The molecule has 2 aromatic rings. The first-order valence-corrected chi connectivity index (χ1v) is 9.53. The zero-order chi connectivity index (χ0) is 17.5. The molecule has 1 saturated heterocycles. The van der Waals surface area contributed by atoms with Gasteiger partial charge in [0, 0.05) is 24.8 Å². The van der Waals surface area contributed by atoms with Gasteiger partial charge < -0.3 is 10.6 Å². The van der Waals surface area contributed by atoms with Crippen LogP contribution in [0, 0.1) is 0 Å². The maximum atomic E-state index is 4.03. The van der Waals surface area contributed by atoms with E-state index in [1.54, 1.807) is 0 Å². The smallest absolute Gasteiger partial charge is 0.0423 e. The van der Waals surface area contributed by atoms with Crippen molar-refractivity contribution in [3.63, 3.8) is 0 Å². The Kier molecular flexibility index (Phi) is 6.30. The standard InChI is InChI=1S/C23H30N2/c1-3-19-10-12-20(13-11-19)6-4-7-21-8-5-9-22(14-21)15-23-17-24-16-18(2)25-23/h5,8-14,23-25H,2-4,6-7,15-17H2,1H3. The molecule has 1 fully saturated rings. The summed E-state index contributed by atoms with van der Waals surface area (Å²) in [4.78, 5) is 0. The molecule has 1 aliphatic rings. The molecule has 2 N–H and O–H groups in total. The lowest BCUT2D eigenvalue weighted by Crippen LogP contribution is -2.47. The van der Waals surface area contributed by atoms with Crippen LogP contribution in [0.5, 0.6) is 0 Å². The molecule has 1 heterocycles. The van der Waals surface area contributed by atoms with Crippen LogP contribution in [0.15, 0.2) is 60.8 Å². The predicted octanol–water partition coefficient (Wildman–Crippen LogP) is 4.04. The van der Waals surface area contributed by atoms with E-state index in [1.807, 2.05) is 0 Å². The number of hydrogen-bond donors (Lipinski definition) is 2. The summed E-state index contributed by atoms with van der Waals surface area (Å²) < 4.78 is 0. The van der Waals surface area contributed by atoms with Gasteiger partial charge in [0.05, 0.1) is 0 Å². The summed E-state index contributed by atoms with van der Waals surface area (Å²) in [7, 11) is 0. The molecule has 25 heavy (non-hydrogen) atoms. The quantitative estimate of drug-likeness (QED) is 0.798. The fraction of sp³-hybridized carbons (Fsp3) is 0.391. The Morgan fingerprint density at radius 1 is 0.960 bits per heavy atom. The van der Waals surface area contributed by atoms with Crippen LogP contribution < -0.4 is 10.6 Å². The van der Waals surface area contributed by atoms with Gasteiger partial charge in [0.25, 0.3) is 0 Å². The van der Waals surface area contributed by atoms with Crippen molar-refractivity contribution in [1.29, 1.82) is 0 Å². The van der Waals surface area contributed by atoms with E-state index < -0.39 is 0 Å². The van der Waals surface area contributed by atoms with Crippen molar-refractivity contribution < 1.29 is 0 Å². The van der Waals surface area contributed by atoms with E-state index in [0.717, 1.165) is 44.5 Å². The Hall–Kier alpha value is -2.06. The molecule has 0 spiro atoms. The Labute approximate surface area is 152 Å². The molecule has 132 valence electrons. The molecule has 0 aromatic heterocycles. The van der Waals surface area contributed by atoms with Crippen LogP contribution in [-0.2, 0) is 25.7 Å². The predicted molar refractivity (Wildman–Crippen MR) is 107 cm³/mol. The monoisotopic (exact) mass is 334 g/mol. The summed E-state index contributed by atoms with van der Waals surface area (Å²) >= 11 is 0. The molecule has 0 aliphatic carbocycles. The number of nitrogens with one attached hydrogen (secondary N) is 2. The zero-order valence-corrected chi connectivity index (χ0v) is 15.4. The molecule has 0 saturated carbocycles. The summed E-state index contributed by atoms with van der Waals surface area (Å²) in [6, 6.07) is 18.6. The highest BCUT2D eigenvalue weighted by molar-refractivity contribution is 5.26. The first kappa shape index (κ1) is 17.8. The fourth-order valence-electron chi connectivity index (χ4n) is 3.55. The highest BCUT2D eigenvalue weighted by Crippen LogP contribution is 2.13. The Morgan fingerprint density at radius 2 is 1.68 bits per heavy atom. The van der Waals surface area contributed by atoms with Crippen molar-refractivity contribution in [3.8, 4) is 0 Å². The van der Waals surface area contributed by atoms with Gasteiger partial charge in [-0.05, 0) is 54.4 Å². The SMILES string of the molecule is C=C1CNCC(Cc2cccc(CCCc3ccc(CC)cc3)c2)N1. The molecule has 2 nitrogen and oxygen atoms in total. The van der Waals surface area contributed by atoms with Gasteiger partial charge >= 0.3 is 0 Å². The molecule has 3 rings (SSSR count). The van der Waals surface area contributed by atoms with Crippen molar-refractivity contribution in [1.82, 2.24) is 10.6 Å². The van der Waals surface area contributed by atoms with Gasteiger partial charge in [0.1, 0.15) is 0 Å². The second-order valence-electron chi connectivity index (χ2n) is 7.12. The first-order valence-electron chi connectivity index (χ1n) is 9.53. The number of piperazine rings is 1. The van der Waals surface area contributed by atoms with Crippen molar-refractivity contribution in [3.05, 3.63) is 83.1 Å². The average molecular weight is 335 g/mol. The van der Waals surface area contributed by atoms with Gasteiger partial charge in [-0.25, -0.2) is 0 Å². The van der Waals surface area contributed by atoms with Crippen LogP contribution in [0.3, 0.4) is 0 Å². The third kappa shape index (κ3) is 5.47. The summed E-state index contributed by atoms with van der Waals surface area (Å²) in [5.74, 6) is 0. The van der Waals surface area contributed by atoms with Crippen LogP contribution >= 0.6 is 0 Å². The van der Waals surface area contributed by atoms with Gasteiger partial charge in [-0.1, -0.05) is 62.0 Å². The number of aryl methyl sites for hydroxylation is 3. The molecule has 2 heteroatoms. The molecule has 0 radical (unpaired) electrons. The van der Waals surface area contributed by atoms with Crippen LogP contribution in [0.2, 0.25) is 0 Å². The van der Waals surface area contributed by atoms with E-state index in [9.17, 15) is 0 Å². The molecule has 0 amide bonds. The summed E-state index contributed by atoms with van der Waals surface area (Å²) in [6.45, 7) is 8.13. The maximum absolute atomic E-state index is 4.03. The highest BCUT2D eigenvalue weighted by Gasteiger charge is 2.14. The Morgan fingerprint density at radius 3 is 2.44 bits per heavy atom. The van der Waals surface area contributed by atoms with E-state index in [0.29, 0.717) is 6.04 Å². The van der Waals surface area contributed by atoms with Gasteiger partial charge in [-0.15, -0.1) is 0 Å². The van der Waals surface area contributed by atoms with E-state index in [4.69, 9.17) is 0 Å². The van der Waals surface area contributed by atoms with E-state index in [1.165, 1.54) is 28.7 Å². The molecular weight excluding hydrogens is 304 g/mol. The Balaban J connectivity index is 1.50. The lowest BCUT2D eigenvalue weighted by atomic mass is 9.98. The van der Waals surface area contributed by atoms with E-state index in [2.05, 4.69) is 72.7 Å². The van der Waals surface area contributed by atoms with Crippen molar-refractivity contribution >= 4 is 0 Å². The topological polar surface area (TPSA) is 24.1 Å². The first-order chi connectivity index (χ1) is 12.2. The molecule has 1 atom stereocenters. The minimum absolute atomic E-state index is 0.452. The fourth-order valence-corrected chi connectivity index (χ4v) is 3.55. The lowest BCUT2D eigenvalue weighted by molar-refractivity contribution is 0.465. The van der Waals surface area contributed by atoms with Crippen LogP contribution in [0.4, 0.5) is 0 Å². The summed E-state index contributed by atoms with van der Waals surface area (Å²) in [6.07, 6.45) is 5.67. The van der Waals surface area contributed by atoms with E-state index >= 15 is 0 Å². The summed E-state index contributed by atoms with van der Waals surface area (Å²) in [5.41, 5.74) is 6.83. The van der Waals surface area contributed by atoms with Crippen LogP contribution in [-0.4, -0.2) is 19.1 Å². The highest BCUT2D eigenvalue weighted by atomic mass is 15.1. The molecule has 2 aromatic carbocycles. The van der Waals surface area contributed by atoms with Crippen molar-refractivity contribution in [2.75, 3.05) is 13.1 Å². The minimum atomic E-state index is 0.452. The molecule has 1 aliphatic heterocycles. The van der Waals surface area contributed by atoms with Gasteiger partial charge in [0.2, 0.25) is 0 Å². The lowest BCUT2D eigenvalue weighted by Gasteiger charge is -2.27. The largest absolute Gasteiger partial charge is 0.383 e. The molecular formula is C23H30N2. The number of rotatable bonds is 7. The molecule has 1 unspecified atom stereocenters. The van der Waals surface area contributed by atoms with Gasteiger partial charge in [0.15, 0.2) is 0 Å². The van der Waals surface area contributed by atoms with E-state index in [-0.39, 0.29) is 0 Å². The third-order valence-electron chi connectivity index (χ3n) is 4.97. The average Bonchev–Trinajstić information content (AvgIpc) is 2.63.